The van der Waals surface area contributed by atoms with Crippen LogP contribution >= 0.6 is 0 Å². The van der Waals surface area contributed by atoms with Crippen LogP contribution in [0.3, 0.4) is 0 Å². The first kappa shape index (κ1) is 17.1. The Morgan fingerprint density at radius 3 is 2.38 bits per heavy atom. The van der Waals surface area contributed by atoms with Crippen LogP contribution in [0.5, 0.6) is 0 Å². The lowest BCUT2D eigenvalue weighted by molar-refractivity contribution is 0.188. The number of hydrogen-bond donors (Lipinski definition) is 1. The van der Waals surface area contributed by atoms with Gasteiger partial charge in [0.2, 0.25) is 10.0 Å². The summed E-state index contributed by atoms with van der Waals surface area (Å²) in [6.45, 7) is 3.08. The molecule has 0 unspecified atom stereocenters. The second kappa shape index (κ2) is 7.47. The molecule has 2 atom stereocenters. The van der Waals surface area contributed by atoms with E-state index in [1.54, 1.807) is 0 Å². The molecule has 4 nitrogen and oxygen atoms in total. The van der Waals surface area contributed by atoms with Gasteiger partial charge in [-0.05, 0) is 36.0 Å². The number of hydrogen-bond acceptors (Lipinski definition) is 3. The van der Waals surface area contributed by atoms with Crippen molar-refractivity contribution in [2.45, 2.75) is 19.4 Å². The van der Waals surface area contributed by atoms with Crippen LogP contribution in [-0.4, -0.2) is 27.4 Å². The predicted octanol–water partition coefficient (Wildman–Crippen LogP) is 3.37. The van der Waals surface area contributed by atoms with Gasteiger partial charge in [0.25, 0.3) is 0 Å². The van der Waals surface area contributed by atoms with E-state index in [-0.39, 0.29) is 17.7 Å². The Labute approximate surface area is 143 Å². The van der Waals surface area contributed by atoms with Crippen molar-refractivity contribution < 1.29 is 13.2 Å². The van der Waals surface area contributed by atoms with E-state index >= 15 is 0 Å². The van der Waals surface area contributed by atoms with Crippen molar-refractivity contribution in [3.8, 4) is 11.1 Å². The summed E-state index contributed by atoms with van der Waals surface area (Å²) in [5, 5.41) is 0. The standard InChI is InChI=1S/C19H23NO3S/c1-15(20-24(21,22)14-16-11-12-23-13-16)17-7-9-19(10-8-17)18-5-3-2-4-6-18/h2-10,15-16,20H,11-14H2,1H3/t15-,16-/m0/s1. The molecule has 5 heteroatoms. The van der Waals surface area contributed by atoms with E-state index in [4.69, 9.17) is 4.74 Å². The molecule has 2 aromatic rings. The number of nitrogens with one attached hydrogen (secondary N) is 1. The lowest BCUT2D eigenvalue weighted by Crippen LogP contribution is -2.32. The largest absolute Gasteiger partial charge is 0.381 e. The van der Waals surface area contributed by atoms with E-state index in [2.05, 4.69) is 16.9 Å². The van der Waals surface area contributed by atoms with E-state index in [0.29, 0.717) is 13.2 Å². The van der Waals surface area contributed by atoms with Gasteiger partial charge in [0.05, 0.1) is 12.4 Å². The zero-order valence-electron chi connectivity index (χ0n) is 13.8. The van der Waals surface area contributed by atoms with Gasteiger partial charge in [0.15, 0.2) is 0 Å². The van der Waals surface area contributed by atoms with Gasteiger partial charge in [-0.15, -0.1) is 0 Å². The Morgan fingerprint density at radius 1 is 1.08 bits per heavy atom. The SMILES string of the molecule is C[C@H](NS(=O)(=O)C[C@H]1CCOC1)c1ccc(-c2ccccc2)cc1. The highest BCUT2D eigenvalue weighted by atomic mass is 32.2. The molecule has 0 spiro atoms. The fourth-order valence-corrected chi connectivity index (χ4v) is 4.66. The molecule has 24 heavy (non-hydrogen) atoms. The smallest absolute Gasteiger partial charge is 0.212 e. The van der Waals surface area contributed by atoms with Crippen LogP contribution in [0.25, 0.3) is 11.1 Å². The van der Waals surface area contributed by atoms with Crippen LogP contribution in [0.4, 0.5) is 0 Å². The quantitative estimate of drug-likeness (QED) is 0.873. The van der Waals surface area contributed by atoms with Crippen LogP contribution in [0.1, 0.15) is 24.9 Å². The number of benzene rings is 2. The Morgan fingerprint density at radius 2 is 1.75 bits per heavy atom. The molecular formula is C19H23NO3S. The molecule has 2 aromatic carbocycles. The first-order valence-electron chi connectivity index (χ1n) is 8.26. The maximum absolute atomic E-state index is 12.3. The molecule has 0 radical (unpaired) electrons. The lowest BCUT2D eigenvalue weighted by atomic mass is 10.0. The van der Waals surface area contributed by atoms with Gasteiger partial charge in [0, 0.05) is 12.6 Å². The molecule has 0 aliphatic carbocycles. The van der Waals surface area contributed by atoms with Crippen molar-refractivity contribution in [1.29, 1.82) is 0 Å². The highest BCUT2D eigenvalue weighted by Crippen LogP contribution is 2.22. The molecule has 0 aromatic heterocycles. The summed E-state index contributed by atoms with van der Waals surface area (Å²) in [5.74, 6) is 0.245. The van der Waals surface area contributed by atoms with E-state index in [0.717, 1.165) is 23.1 Å². The Bertz CT molecular complexity index is 751. The molecule has 0 amide bonds. The summed E-state index contributed by atoms with van der Waals surface area (Å²) in [7, 11) is -3.30. The third kappa shape index (κ3) is 4.44. The zero-order valence-corrected chi connectivity index (χ0v) is 14.6. The molecule has 0 saturated carbocycles. The Balaban J connectivity index is 1.65. The van der Waals surface area contributed by atoms with E-state index in [1.807, 2.05) is 49.4 Å². The Kier molecular flexibility index (Phi) is 5.33. The van der Waals surface area contributed by atoms with Crippen LogP contribution in [-0.2, 0) is 14.8 Å². The van der Waals surface area contributed by atoms with Crippen molar-refractivity contribution in [1.82, 2.24) is 4.72 Å². The minimum Gasteiger partial charge on any atom is -0.381 e. The van der Waals surface area contributed by atoms with Crippen molar-refractivity contribution >= 4 is 10.0 Å². The number of rotatable bonds is 6. The Hall–Kier alpha value is -1.69. The summed E-state index contributed by atoms with van der Waals surface area (Å²) in [5.41, 5.74) is 3.23. The summed E-state index contributed by atoms with van der Waals surface area (Å²) in [6.07, 6.45) is 0.820. The number of ether oxygens (including phenoxy) is 1. The van der Waals surface area contributed by atoms with Gasteiger partial charge in [-0.2, -0.15) is 0 Å². The molecular weight excluding hydrogens is 322 g/mol. The molecule has 1 saturated heterocycles. The maximum Gasteiger partial charge on any atom is 0.212 e. The van der Waals surface area contributed by atoms with E-state index in [1.165, 1.54) is 0 Å². The first-order valence-corrected chi connectivity index (χ1v) is 9.92. The van der Waals surface area contributed by atoms with E-state index < -0.39 is 10.0 Å². The van der Waals surface area contributed by atoms with Crippen molar-refractivity contribution in [2.75, 3.05) is 19.0 Å². The summed E-state index contributed by atoms with van der Waals surface area (Å²) in [6, 6.07) is 17.9. The monoisotopic (exact) mass is 345 g/mol. The van der Waals surface area contributed by atoms with Gasteiger partial charge in [0.1, 0.15) is 0 Å². The van der Waals surface area contributed by atoms with Crippen LogP contribution < -0.4 is 4.72 Å². The maximum atomic E-state index is 12.3. The molecule has 1 aliphatic rings. The molecule has 128 valence electrons. The molecule has 0 bridgehead atoms. The van der Waals surface area contributed by atoms with Gasteiger partial charge < -0.3 is 4.74 Å². The van der Waals surface area contributed by atoms with E-state index in [9.17, 15) is 8.42 Å². The zero-order chi connectivity index (χ0) is 17.0. The minimum absolute atomic E-state index is 0.107. The van der Waals surface area contributed by atoms with Crippen LogP contribution in [0, 0.1) is 5.92 Å². The third-order valence-electron chi connectivity index (χ3n) is 4.35. The molecule has 1 N–H and O–H groups in total. The van der Waals surface area contributed by atoms with Crippen LogP contribution in [0.2, 0.25) is 0 Å². The second-order valence-electron chi connectivity index (χ2n) is 6.34. The highest BCUT2D eigenvalue weighted by molar-refractivity contribution is 7.89. The highest BCUT2D eigenvalue weighted by Gasteiger charge is 2.24. The third-order valence-corrected chi connectivity index (χ3v) is 5.98. The van der Waals surface area contributed by atoms with Gasteiger partial charge in [-0.1, -0.05) is 54.6 Å². The molecule has 1 heterocycles. The summed E-state index contributed by atoms with van der Waals surface area (Å²) in [4.78, 5) is 0. The van der Waals surface area contributed by atoms with Gasteiger partial charge >= 0.3 is 0 Å². The summed E-state index contributed by atoms with van der Waals surface area (Å²) >= 11 is 0. The van der Waals surface area contributed by atoms with Gasteiger partial charge in [-0.3, -0.25) is 0 Å². The second-order valence-corrected chi connectivity index (χ2v) is 8.14. The fourth-order valence-electron chi connectivity index (χ4n) is 3.01. The topological polar surface area (TPSA) is 55.4 Å². The normalized spacial score (nSPS) is 19.3. The van der Waals surface area contributed by atoms with Crippen molar-refractivity contribution in [2.24, 2.45) is 5.92 Å². The average molecular weight is 345 g/mol. The number of sulfonamides is 1. The summed E-state index contributed by atoms with van der Waals surface area (Å²) < 4.78 is 32.6. The van der Waals surface area contributed by atoms with Crippen molar-refractivity contribution in [3.63, 3.8) is 0 Å². The minimum atomic E-state index is -3.30. The molecule has 3 rings (SSSR count). The fraction of sp³-hybridized carbons (Fsp3) is 0.368. The molecule has 1 aliphatic heterocycles. The first-order chi connectivity index (χ1) is 11.5. The average Bonchev–Trinajstić information content (AvgIpc) is 3.07. The molecule has 1 fully saturated rings. The predicted molar refractivity (Wildman–Crippen MR) is 96.1 cm³/mol. The van der Waals surface area contributed by atoms with Crippen molar-refractivity contribution in [3.05, 3.63) is 60.2 Å². The lowest BCUT2D eigenvalue weighted by Gasteiger charge is -2.17. The van der Waals surface area contributed by atoms with Crippen LogP contribution in [0.15, 0.2) is 54.6 Å². The van der Waals surface area contributed by atoms with Gasteiger partial charge in [-0.25, -0.2) is 13.1 Å².